The van der Waals surface area contributed by atoms with Gasteiger partial charge in [0.05, 0.1) is 12.4 Å². The van der Waals surface area contributed by atoms with Crippen LogP contribution in [0.2, 0.25) is 0 Å². The Labute approximate surface area is 154 Å². The molecule has 1 N–H and O–H groups in total. The molecular weight excluding hydrogens is 324 g/mol. The molecule has 2 aromatic carbocycles. The molecule has 4 heteroatoms. The van der Waals surface area contributed by atoms with E-state index >= 15 is 0 Å². The number of aryl methyl sites for hydroxylation is 2. The minimum atomic E-state index is -0.0649. The molecule has 4 rings (SSSR count). The van der Waals surface area contributed by atoms with Crippen LogP contribution in [0.4, 0.5) is 0 Å². The first-order valence-electron chi connectivity index (χ1n) is 9.09. The van der Waals surface area contributed by atoms with E-state index in [0.717, 1.165) is 29.0 Å². The lowest BCUT2D eigenvalue weighted by Gasteiger charge is -2.28. The number of nitrogens with zero attached hydrogens (tertiary/aromatic N) is 1. The summed E-state index contributed by atoms with van der Waals surface area (Å²) in [6, 6.07) is 17.4. The van der Waals surface area contributed by atoms with Gasteiger partial charge in [0, 0.05) is 11.6 Å². The van der Waals surface area contributed by atoms with Crippen molar-refractivity contribution >= 4 is 0 Å². The number of nitrogens with one attached hydrogen (secondary N) is 1. The Bertz CT molecular complexity index is 882. The molecule has 0 radical (unpaired) electrons. The van der Waals surface area contributed by atoms with Crippen molar-refractivity contribution in [3.63, 3.8) is 0 Å². The maximum atomic E-state index is 6.20. The van der Waals surface area contributed by atoms with E-state index in [-0.39, 0.29) is 6.10 Å². The molecule has 0 aliphatic carbocycles. The van der Waals surface area contributed by atoms with Crippen molar-refractivity contribution in [3.8, 4) is 11.1 Å². The molecule has 1 aliphatic rings. The highest BCUT2D eigenvalue weighted by Crippen LogP contribution is 2.35. The largest absolute Gasteiger partial charge is 0.361 e. The smallest absolute Gasteiger partial charge is 0.141 e. The van der Waals surface area contributed by atoms with Gasteiger partial charge in [0.2, 0.25) is 0 Å². The number of fused-ring (bicyclic) bond motifs is 1. The number of aromatic nitrogens is 1. The van der Waals surface area contributed by atoms with Crippen LogP contribution in [0.1, 0.15) is 41.2 Å². The van der Waals surface area contributed by atoms with Gasteiger partial charge in [-0.05, 0) is 49.4 Å². The van der Waals surface area contributed by atoms with Crippen molar-refractivity contribution in [2.45, 2.75) is 39.3 Å². The van der Waals surface area contributed by atoms with E-state index in [2.05, 4.69) is 59.9 Å². The molecule has 1 aliphatic heterocycles. The minimum Gasteiger partial charge on any atom is -0.361 e. The summed E-state index contributed by atoms with van der Waals surface area (Å²) in [5, 5.41) is 7.55. The normalized spacial score (nSPS) is 20.3. The van der Waals surface area contributed by atoms with Gasteiger partial charge in [0.1, 0.15) is 11.9 Å². The van der Waals surface area contributed by atoms with Crippen LogP contribution in [-0.4, -0.2) is 17.9 Å². The van der Waals surface area contributed by atoms with Crippen molar-refractivity contribution < 1.29 is 9.26 Å². The first kappa shape index (κ1) is 17.0. The van der Waals surface area contributed by atoms with Gasteiger partial charge in [-0.2, -0.15) is 0 Å². The number of hydrogen-bond acceptors (Lipinski definition) is 4. The lowest BCUT2D eigenvalue weighted by Crippen LogP contribution is -2.34. The summed E-state index contributed by atoms with van der Waals surface area (Å²) in [6.07, 6.45) is 0.893. The molecule has 0 saturated heterocycles. The van der Waals surface area contributed by atoms with Gasteiger partial charge in [0.25, 0.3) is 0 Å². The summed E-state index contributed by atoms with van der Waals surface area (Å²) in [4.78, 5) is 0. The Morgan fingerprint density at radius 2 is 1.88 bits per heavy atom. The highest BCUT2D eigenvalue weighted by Gasteiger charge is 2.23. The Morgan fingerprint density at radius 1 is 1.08 bits per heavy atom. The van der Waals surface area contributed by atoms with Crippen molar-refractivity contribution in [3.05, 3.63) is 76.7 Å². The summed E-state index contributed by atoms with van der Waals surface area (Å²) in [7, 11) is 0. The van der Waals surface area contributed by atoms with Crippen LogP contribution in [0, 0.1) is 13.8 Å². The van der Waals surface area contributed by atoms with E-state index < -0.39 is 0 Å². The average molecular weight is 348 g/mol. The van der Waals surface area contributed by atoms with Crippen LogP contribution in [0.3, 0.4) is 0 Å². The molecule has 0 amide bonds. The second-order valence-corrected chi connectivity index (χ2v) is 7.02. The van der Waals surface area contributed by atoms with Crippen molar-refractivity contribution in [1.29, 1.82) is 0 Å². The SMILES string of the molecule is Cc1noc(C)c1-c1ccc2c(c1)CC(C)NCOC2c1ccccc1. The number of ether oxygens (including phenoxy) is 1. The molecule has 1 aromatic heterocycles. The lowest BCUT2D eigenvalue weighted by atomic mass is 9.89. The van der Waals surface area contributed by atoms with Crippen LogP contribution >= 0.6 is 0 Å². The summed E-state index contributed by atoms with van der Waals surface area (Å²) >= 11 is 0. The number of benzene rings is 2. The second-order valence-electron chi connectivity index (χ2n) is 7.02. The zero-order valence-electron chi connectivity index (χ0n) is 15.5. The quantitative estimate of drug-likeness (QED) is 0.738. The highest BCUT2D eigenvalue weighted by molar-refractivity contribution is 5.69. The summed E-state index contributed by atoms with van der Waals surface area (Å²) in [5.74, 6) is 0.857. The predicted octanol–water partition coefficient (Wildman–Crippen LogP) is 4.56. The van der Waals surface area contributed by atoms with E-state index in [4.69, 9.17) is 9.26 Å². The summed E-state index contributed by atoms with van der Waals surface area (Å²) in [5.41, 5.74) is 6.88. The molecule has 0 bridgehead atoms. The Balaban J connectivity index is 1.82. The van der Waals surface area contributed by atoms with Gasteiger partial charge in [-0.25, -0.2) is 0 Å². The number of rotatable bonds is 2. The van der Waals surface area contributed by atoms with Crippen LogP contribution in [-0.2, 0) is 11.2 Å². The van der Waals surface area contributed by atoms with Crippen LogP contribution in [0.15, 0.2) is 53.1 Å². The Hall–Kier alpha value is -2.43. The third-order valence-corrected chi connectivity index (χ3v) is 5.06. The predicted molar refractivity (Wildman–Crippen MR) is 102 cm³/mol. The lowest BCUT2D eigenvalue weighted by molar-refractivity contribution is 0.0553. The molecule has 134 valence electrons. The third-order valence-electron chi connectivity index (χ3n) is 5.06. The van der Waals surface area contributed by atoms with Crippen LogP contribution in [0.25, 0.3) is 11.1 Å². The van der Waals surface area contributed by atoms with Gasteiger partial charge in [-0.15, -0.1) is 0 Å². The summed E-state index contributed by atoms with van der Waals surface area (Å²) in [6.45, 7) is 6.69. The second kappa shape index (κ2) is 7.06. The van der Waals surface area contributed by atoms with E-state index in [9.17, 15) is 0 Å². The first-order chi connectivity index (χ1) is 12.6. The Kier molecular flexibility index (Phi) is 4.62. The van der Waals surface area contributed by atoms with Crippen molar-refractivity contribution in [1.82, 2.24) is 10.5 Å². The van der Waals surface area contributed by atoms with Crippen molar-refractivity contribution in [2.75, 3.05) is 6.73 Å². The molecule has 3 aromatic rings. The zero-order chi connectivity index (χ0) is 18.1. The first-order valence-corrected chi connectivity index (χ1v) is 9.09. The monoisotopic (exact) mass is 348 g/mol. The molecule has 26 heavy (non-hydrogen) atoms. The number of hydrogen-bond donors (Lipinski definition) is 1. The van der Waals surface area contributed by atoms with Gasteiger partial charge in [0.15, 0.2) is 0 Å². The topological polar surface area (TPSA) is 47.3 Å². The van der Waals surface area contributed by atoms with E-state index in [1.807, 2.05) is 19.9 Å². The Morgan fingerprint density at radius 3 is 2.62 bits per heavy atom. The van der Waals surface area contributed by atoms with Gasteiger partial charge in [-0.1, -0.05) is 53.7 Å². The standard InChI is InChI=1S/C22H24N2O2/c1-14-11-19-12-18(21-15(2)24-26-16(21)3)9-10-20(19)22(25-13-23-14)17-7-5-4-6-8-17/h4-10,12,14,22-23H,11,13H2,1-3H3. The molecule has 2 unspecified atom stereocenters. The van der Waals surface area contributed by atoms with Gasteiger partial charge >= 0.3 is 0 Å². The highest BCUT2D eigenvalue weighted by atomic mass is 16.5. The molecule has 0 spiro atoms. The van der Waals surface area contributed by atoms with Gasteiger partial charge < -0.3 is 9.26 Å². The molecule has 0 saturated carbocycles. The maximum absolute atomic E-state index is 6.20. The fraction of sp³-hybridized carbons (Fsp3) is 0.318. The van der Waals surface area contributed by atoms with Gasteiger partial charge in [-0.3, -0.25) is 5.32 Å². The maximum Gasteiger partial charge on any atom is 0.141 e. The van der Waals surface area contributed by atoms with E-state index in [0.29, 0.717) is 12.8 Å². The fourth-order valence-corrected chi connectivity index (χ4v) is 3.76. The van der Waals surface area contributed by atoms with E-state index in [1.54, 1.807) is 0 Å². The summed E-state index contributed by atoms with van der Waals surface area (Å²) < 4.78 is 11.6. The zero-order valence-corrected chi connectivity index (χ0v) is 15.5. The average Bonchev–Trinajstić information content (AvgIpc) is 2.97. The third kappa shape index (κ3) is 3.18. The minimum absolute atomic E-state index is 0.0649. The molecule has 4 nitrogen and oxygen atoms in total. The van der Waals surface area contributed by atoms with Crippen LogP contribution < -0.4 is 5.32 Å². The van der Waals surface area contributed by atoms with Crippen molar-refractivity contribution in [2.24, 2.45) is 0 Å². The molecule has 2 atom stereocenters. The molecular formula is C22H24N2O2. The molecule has 2 heterocycles. The van der Waals surface area contributed by atoms with Crippen LogP contribution in [0.5, 0.6) is 0 Å². The molecule has 0 fully saturated rings. The fourth-order valence-electron chi connectivity index (χ4n) is 3.76. The van der Waals surface area contributed by atoms with E-state index in [1.165, 1.54) is 16.7 Å².